The van der Waals surface area contributed by atoms with Gasteiger partial charge in [0.2, 0.25) is 0 Å². The molecule has 0 bridgehead atoms. The Morgan fingerprint density at radius 1 is 0.250 bits per heavy atom. The molecule has 0 saturated carbocycles. The summed E-state index contributed by atoms with van der Waals surface area (Å²) in [6, 6.07) is 0. The molecule has 0 saturated heterocycles. The molecule has 40 heavy (non-hydrogen) atoms. The van der Waals surface area contributed by atoms with Crippen molar-refractivity contribution in [3.8, 4) is 0 Å². The van der Waals surface area contributed by atoms with Crippen molar-refractivity contribution in [2.75, 3.05) is 0 Å². The minimum Gasteiger partial charge on any atom is -0.302 e. The Kier molecular flexibility index (Phi) is 20.0. The Balaban J connectivity index is -0.000000240. The lowest BCUT2D eigenvalue weighted by atomic mass is 10.8. The van der Waals surface area contributed by atoms with Crippen LogP contribution in [-0.2, 0) is 66.9 Å². The Labute approximate surface area is 219 Å². The van der Waals surface area contributed by atoms with E-state index < -0.39 is 70.4 Å². The Hall–Kier alpha value is 1.29. The monoisotopic (exact) mass is 785 g/mol. The molecule has 40 heteroatoms. The molecular weight excluding hydrogens is 770 g/mol. The van der Waals surface area contributed by atoms with Gasteiger partial charge in [-0.15, -0.1) is 0 Å². The van der Waals surface area contributed by atoms with Crippen LogP contribution in [0.3, 0.4) is 0 Å². The molecule has 243 valence electrons. The molecule has 0 unspecified atom stereocenters. The summed E-state index contributed by atoms with van der Waals surface area (Å²) in [5, 5.41) is 0. The van der Waals surface area contributed by atoms with Crippen molar-refractivity contribution in [1.29, 1.82) is 0 Å². The van der Waals surface area contributed by atoms with Gasteiger partial charge in [-0.25, -0.2) is 41.1 Å². The molecule has 0 spiro atoms. The van der Waals surface area contributed by atoms with Crippen LogP contribution in [-0.4, -0.2) is 81.8 Å². The first-order chi connectivity index (χ1) is 16.2. The average molecular weight is 785 g/mol. The smallest absolute Gasteiger partial charge is 0.302 e. The van der Waals surface area contributed by atoms with Crippen LogP contribution in [0.4, 0.5) is 0 Å². The van der Waals surface area contributed by atoms with Gasteiger partial charge in [-0.3, -0.25) is 0 Å². The maximum atomic E-state index is 10.4. The van der Waals surface area contributed by atoms with E-state index in [-0.39, 0.29) is 8.41 Å². The predicted octanol–water partition coefficient (Wildman–Crippen LogP) is -2.46. The van der Waals surface area contributed by atoms with E-state index in [9.17, 15) is 41.1 Å². The molecule has 0 heterocycles. The van der Waals surface area contributed by atoms with Gasteiger partial charge in [0.1, 0.15) is 0 Å². The summed E-state index contributed by atoms with van der Waals surface area (Å²) in [7, 11) is -48.5. The van der Waals surface area contributed by atoms with E-state index in [2.05, 4.69) is 25.9 Å². The highest BCUT2D eigenvalue weighted by atomic mass is 31.3. The summed E-state index contributed by atoms with van der Waals surface area (Å²) in [4.78, 5) is 121. The maximum Gasteiger partial charge on any atom is 0.490 e. The van der Waals surface area contributed by atoms with Crippen LogP contribution in [0.1, 0.15) is 0 Å². The molecule has 0 aromatic heterocycles. The highest BCUT2D eigenvalue weighted by Crippen LogP contribution is 2.66. The van der Waals surface area contributed by atoms with E-state index in [1.165, 1.54) is 0 Å². The fourth-order valence-corrected chi connectivity index (χ4v) is 8.47. The maximum absolute atomic E-state index is 10.4. The van der Waals surface area contributed by atoms with Gasteiger partial charge in [-0.05, 0) is 0 Å². The van der Waals surface area contributed by atoms with Crippen molar-refractivity contribution in [2.24, 2.45) is 0 Å². The zero-order chi connectivity index (χ0) is 32.7. The topological polar surface area (TPSA) is 512 Å². The van der Waals surface area contributed by atoms with Gasteiger partial charge in [0.15, 0.2) is 0 Å². The van der Waals surface area contributed by atoms with Gasteiger partial charge in [0.05, 0.1) is 0 Å². The molecule has 0 fully saturated rings. The molecule has 0 amide bonds. The normalized spacial score (nSPS) is 14.2. The second kappa shape index (κ2) is 16.6. The summed E-state index contributed by atoms with van der Waals surface area (Å²) < 4.78 is 109. The highest BCUT2D eigenvalue weighted by Gasteiger charge is 2.40. The molecule has 0 aromatic rings. The lowest BCUT2D eigenvalue weighted by Crippen LogP contribution is -1.92. The second-order valence-corrected chi connectivity index (χ2v) is 17.5. The summed E-state index contributed by atoms with van der Waals surface area (Å²) >= 11 is 0. The zero-order valence-electron chi connectivity index (χ0n) is 17.4. The van der Waals surface area contributed by atoms with Gasteiger partial charge < -0.3 is 73.4 Å². The molecule has 3 radical (unpaired) electrons. The second-order valence-electron chi connectivity index (χ2n) is 4.84. The summed E-state index contributed by atoms with van der Waals surface area (Å²) in [6.07, 6.45) is 0. The van der Waals surface area contributed by atoms with Crippen molar-refractivity contribution in [1.82, 2.24) is 0 Å². The molecule has 30 nitrogen and oxygen atoms in total. The Bertz CT molecular complexity index is 975. The first-order valence-electron chi connectivity index (χ1n) is 6.83. The van der Waals surface area contributed by atoms with Crippen molar-refractivity contribution < 1.29 is 140 Å². The van der Waals surface area contributed by atoms with Crippen LogP contribution in [0.25, 0.3) is 0 Å². The van der Waals surface area contributed by atoms with E-state index in [0.717, 1.165) is 0 Å². The minimum atomic E-state index is -5.46. The average Bonchev–Trinajstić information content (AvgIpc) is 2.28. The van der Waals surface area contributed by atoms with Gasteiger partial charge in [-0.2, -0.15) is 25.9 Å². The lowest BCUT2D eigenvalue weighted by molar-refractivity contribution is 0.198. The molecule has 0 aromatic carbocycles. The van der Waals surface area contributed by atoms with Crippen molar-refractivity contribution in [2.45, 2.75) is 0 Å². The third-order valence-electron chi connectivity index (χ3n) is 1.26. The van der Waals surface area contributed by atoms with Crippen LogP contribution in [0.15, 0.2) is 0 Å². The Morgan fingerprint density at radius 2 is 0.325 bits per heavy atom. The van der Waals surface area contributed by atoms with Crippen LogP contribution in [0.2, 0.25) is 0 Å². The summed E-state index contributed by atoms with van der Waals surface area (Å²) in [6.45, 7) is 0. The molecule has 0 aliphatic heterocycles. The molecule has 0 atom stereocenters. The first-order valence-corrected chi connectivity index (χ1v) is 20.5. The summed E-state index contributed by atoms with van der Waals surface area (Å²) in [5.74, 6) is 0. The molecule has 15 N–H and O–H groups in total. The van der Waals surface area contributed by atoms with E-state index in [1.54, 1.807) is 0 Å². The van der Waals surface area contributed by atoms with Crippen molar-refractivity contribution in [3.63, 3.8) is 0 Å². The Morgan fingerprint density at radius 3 is 0.375 bits per heavy atom. The number of hydrogen-bond acceptors (Lipinski definition) is 15. The van der Waals surface area contributed by atoms with Crippen LogP contribution < -0.4 is 0 Å². The van der Waals surface area contributed by atoms with E-state index in [0.29, 0.717) is 0 Å². The number of rotatable bonds is 12. The van der Waals surface area contributed by atoms with Crippen molar-refractivity contribution >= 4 is 78.8 Å². The van der Waals surface area contributed by atoms with Crippen molar-refractivity contribution in [3.05, 3.63) is 0 Å². The standard InChI is InChI=1S/B.3H5O10P3/c;3*1-11(2,3)9-13(7,8)10-12(4,5)6/h;3*(H,7,8)(H2,1,2,3)(H2,4,5,6). The molecule has 0 rings (SSSR count). The lowest BCUT2D eigenvalue weighted by Gasteiger charge is -2.12. The van der Waals surface area contributed by atoms with Crippen LogP contribution in [0.5, 0.6) is 0 Å². The molecule has 0 aliphatic rings. The highest BCUT2D eigenvalue weighted by molar-refractivity contribution is 7.67. The van der Waals surface area contributed by atoms with Gasteiger partial charge >= 0.3 is 70.4 Å². The van der Waals surface area contributed by atoms with E-state index in [4.69, 9.17) is 73.4 Å². The SMILES string of the molecule is O=P(O)(O)OP(=O)(O)OP(=O)(O)O.O=P(O)(O)OP(=O)(O)OP(=O)(O)O.O=P(O)(O)OP(=O)(O)OP(=O)(O)O.[B]. The van der Waals surface area contributed by atoms with Crippen LogP contribution in [0, 0.1) is 0 Å². The number of phosphoric acid groups is 9. The fourth-order valence-electron chi connectivity index (χ4n) is 0.851. The third kappa shape index (κ3) is 41.4. The van der Waals surface area contributed by atoms with Gasteiger partial charge in [-0.1, -0.05) is 0 Å². The van der Waals surface area contributed by atoms with Gasteiger partial charge in [0.25, 0.3) is 0 Å². The number of hydrogen-bond donors (Lipinski definition) is 15. The largest absolute Gasteiger partial charge is 0.490 e. The molecule has 0 aliphatic carbocycles. The zero-order valence-corrected chi connectivity index (χ0v) is 25.5. The quantitative estimate of drug-likeness (QED) is 0.0720. The minimum absolute atomic E-state index is 0. The predicted molar refractivity (Wildman–Crippen MR) is 114 cm³/mol. The summed E-state index contributed by atoms with van der Waals surface area (Å²) in [5.41, 5.74) is 0. The van der Waals surface area contributed by atoms with E-state index in [1.807, 2.05) is 0 Å². The van der Waals surface area contributed by atoms with Gasteiger partial charge in [0, 0.05) is 8.41 Å². The van der Waals surface area contributed by atoms with Crippen LogP contribution >= 0.6 is 70.4 Å². The first kappa shape index (κ1) is 48.2. The fraction of sp³-hybridized carbons (Fsp3) is 0. The molecular formula is H15BO30P9. The van der Waals surface area contributed by atoms with E-state index >= 15 is 0 Å². The third-order valence-corrected chi connectivity index (χ3v) is 11.3.